The number of benzene rings is 1. The number of nitriles is 1. The number of methoxy groups -OCH3 is 1. The number of anilines is 2. The number of amides is 1. The van der Waals surface area contributed by atoms with Crippen LogP contribution >= 0.6 is 23.2 Å². The van der Waals surface area contributed by atoms with Gasteiger partial charge in [-0.3, -0.25) is 0 Å². The predicted octanol–water partition coefficient (Wildman–Crippen LogP) is 5.48. The van der Waals surface area contributed by atoms with E-state index in [2.05, 4.69) is 20.6 Å². The van der Waals surface area contributed by atoms with Gasteiger partial charge in [0.1, 0.15) is 5.69 Å². The lowest BCUT2D eigenvalue weighted by Crippen LogP contribution is -2.45. The minimum atomic E-state index is -0.327. The van der Waals surface area contributed by atoms with Crippen molar-refractivity contribution < 1.29 is 9.53 Å². The molecule has 1 saturated heterocycles. The number of nitrogens with zero attached hydrogens (tertiary/aromatic N) is 5. The lowest BCUT2D eigenvalue weighted by Gasteiger charge is -2.32. The molecule has 1 aromatic carbocycles. The molecule has 2 aliphatic rings. The van der Waals surface area contributed by atoms with Gasteiger partial charge in [0.15, 0.2) is 5.96 Å². The number of aromatic nitrogens is 2. The second-order valence-corrected chi connectivity index (χ2v) is 10.5. The first kappa shape index (κ1) is 27.7. The van der Waals surface area contributed by atoms with Crippen molar-refractivity contribution in [1.29, 1.82) is 5.26 Å². The number of halogens is 2. The van der Waals surface area contributed by atoms with E-state index in [1.165, 1.54) is 38.5 Å². The molecule has 1 aliphatic carbocycles. The van der Waals surface area contributed by atoms with E-state index >= 15 is 0 Å². The highest BCUT2D eigenvalue weighted by molar-refractivity contribution is 6.39. The normalized spacial score (nSPS) is 18.5. The zero-order chi connectivity index (χ0) is 27.1. The maximum absolute atomic E-state index is 12.0. The van der Waals surface area contributed by atoms with Gasteiger partial charge in [-0.1, -0.05) is 55.3 Å². The van der Waals surface area contributed by atoms with E-state index in [-0.39, 0.29) is 33.8 Å². The molecule has 12 heteroatoms. The second kappa shape index (κ2) is 13.0. The van der Waals surface area contributed by atoms with Crippen LogP contribution in [0.25, 0.3) is 0 Å². The number of guanidine groups is 1. The summed E-state index contributed by atoms with van der Waals surface area (Å²) in [5, 5.41) is 16.1. The molecule has 1 amide bonds. The first-order chi connectivity index (χ1) is 18.4. The number of carbonyl (C=O) groups is 1. The summed E-state index contributed by atoms with van der Waals surface area (Å²) >= 11 is 12.6. The third-order valence-corrected chi connectivity index (χ3v) is 7.48. The predicted molar refractivity (Wildman–Crippen MR) is 149 cm³/mol. The summed E-state index contributed by atoms with van der Waals surface area (Å²) in [5.74, 6) is 1.11. The Morgan fingerprint density at radius 3 is 2.66 bits per heavy atom. The first-order valence-electron chi connectivity index (χ1n) is 12.8. The first-order valence-corrected chi connectivity index (χ1v) is 13.6. The Morgan fingerprint density at radius 1 is 1.24 bits per heavy atom. The molecule has 4 rings (SSSR count). The zero-order valence-electron chi connectivity index (χ0n) is 21.3. The molecular formula is C26H32Cl2N8O2. The third-order valence-electron chi connectivity index (χ3n) is 6.90. The van der Waals surface area contributed by atoms with Gasteiger partial charge in [0.05, 0.1) is 46.4 Å². The fourth-order valence-electron chi connectivity index (χ4n) is 5.01. The number of rotatable bonds is 6. The summed E-state index contributed by atoms with van der Waals surface area (Å²) in [6, 6.07) is 5.01. The molecule has 38 heavy (non-hydrogen) atoms. The lowest BCUT2D eigenvalue weighted by atomic mass is 9.86. The molecule has 1 aromatic heterocycles. The third kappa shape index (κ3) is 7.17. The second-order valence-electron chi connectivity index (χ2n) is 9.68. The SMILES string of the molecule is COC(=O)N1CCC[C@@H](Nc2ncc(NC(N)=Nc3c(Cl)cc(C#N)cc3Cl)c(CC3CCCCC3)n2)C1. The van der Waals surface area contributed by atoms with E-state index < -0.39 is 0 Å². The maximum atomic E-state index is 12.0. The quantitative estimate of drug-likeness (QED) is 0.312. The zero-order valence-corrected chi connectivity index (χ0v) is 22.9. The number of aliphatic imine (C=N–C) groups is 1. The highest BCUT2D eigenvalue weighted by atomic mass is 35.5. The number of hydrogen-bond donors (Lipinski definition) is 3. The molecule has 2 aromatic rings. The Bertz CT molecular complexity index is 1200. The van der Waals surface area contributed by atoms with Crippen molar-refractivity contribution in [2.45, 2.75) is 57.4 Å². The minimum Gasteiger partial charge on any atom is -0.453 e. The van der Waals surface area contributed by atoms with Crippen molar-refractivity contribution in [3.05, 3.63) is 39.6 Å². The van der Waals surface area contributed by atoms with Crippen molar-refractivity contribution in [3.8, 4) is 6.07 Å². The number of carbonyl (C=O) groups excluding carboxylic acids is 1. The van der Waals surface area contributed by atoms with Crippen LogP contribution in [0.4, 0.5) is 22.1 Å². The van der Waals surface area contributed by atoms with E-state index in [9.17, 15) is 4.79 Å². The van der Waals surface area contributed by atoms with Gasteiger partial charge in [-0.25, -0.2) is 19.8 Å². The fourth-order valence-corrected chi connectivity index (χ4v) is 5.58. The van der Waals surface area contributed by atoms with Gasteiger partial charge in [-0.15, -0.1) is 0 Å². The summed E-state index contributed by atoms with van der Waals surface area (Å²) in [7, 11) is 1.39. The van der Waals surface area contributed by atoms with Crippen molar-refractivity contribution in [2.24, 2.45) is 16.6 Å². The Hall–Kier alpha value is -3.29. The average Bonchev–Trinajstić information content (AvgIpc) is 2.92. The molecule has 0 bridgehead atoms. The van der Waals surface area contributed by atoms with Gasteiger partial charge in [0, 0.05) is 19.1 Å². The Morgan fingerprint density at radius 2 is 1.97 bits per heavy atom. The number of likely N-dealkylation sites (tertiary alicyclic amines) is 1. The molecule has 2 heterocycles. The van der Waals surface area contributed by atoms with Crippen LogP contribution in [0, 0.1) is 17.2 Å². The van der Waals surface area contributed by atoms with Crippen LogP contribution in [-0.4, -0.2) is 53.2 Å². The molecular weight excluding hydrogens is 527 g/mol. The minimum absolute atomic E-state index is 0.0245. The summed E-state index contributed by atoms with van der Waals surface area (Å²) in [5.41, 5.74) is 8.34. The summed E-state index contributed by atoms with van der Waals surface area (Å²) in [6.45, 7) is 1.20. The monoisotopic (exact) mass is 558 g/mol. The number of nitrogens with two attached hydrogens (primary N) is 1. The van der Waals surface area contributed by atoms with E-state index in [0.29, 0.717) is 36.2 Å². The highest BCUT2D eigenvalue weighted by Gasteiger charge is 2.25. The van der Waals surface area contributed by atoms with Crippen LogP contribution in [0.15, 0.2) is 23.3 Å². The molecule has 0 unspecified atom stereocenters. The Labute approximate surface area is 232 Å². The molecule has 0 spiro atoms. The molecule has 2 fully saturated rings. The smallest absolute Gasteiger partial charge is 0.409 e. The number of hydrogen-bond acceptors (Lipinski definition) is 7. The lowest BCUT2D eigenvalue weighted by molar-refractivity contribution is 0.113. The van der Waals surface area contributed by atoms with Crippen molar-refractivity contribution >= 4 is 52.6 Å². The van der Waals surface area contributed by atoms with Crippen molar-refractivity contribution in [2.75, 3.05) is 30.8 Å². The van der Waals surface area contributed by atoms with Crippen molar-refractivity contribution in [3.63, 3.8) is 0 Å². The summed E-state index contributed by atoms with van der Waals surface area (Å²) < 4.78 is 4.88. The fraction of sp³-hybridized carbons (Fsp3) is 0.500. The highest BCUT2D eigenvalue weighted by Crippen LogP contribution is 2.34. The molecule has 1 saturated carbocycles. The standard InChI is InChI=1S/C26H32Cl2N8O2/c1-38-26(37)36-9-5-8-18(15-36)32-25-31-14-22(21(34-25)12-16-6-3-2-4-7-16)33-24(30)35-23-19(27)10-17(13-29)11-20(23)28/h10-11,14,16,18H,2-9,12,15H2,1H3,(H3,30,33,35)(H,31,32,34)/t18-/m1/s1. The summed E-state index contributed by atoms with van der Waals surface area (Å²) in [4.78, 5) is 27.4. The maximum Gasteiger partial charge on any atom is 0.409 e. The van der Waals surface area contributed by atoms with E-state index in [1.54, 1.807) is 11.1 Å². The molecule has 1 aliphatic heterocycles. The number of piperidine rings is 1. The van der Waals surface area contributed by atoms with Crippen LogP contribution in [0.3, 0.4) is 0 Å². The molecule has 202 valence electrons. The van der Waals surface area contributed by atoms with Crippen LogP contribution in [-0.2, 0) is 11.2 Å². The Balaban J connectivity index is 1.55. The van der Waals surface area contributed by atoms with Crippen LogP contribution in [0.5, 0.6) is 0 Å². The summed E-state index contributed by atoms with van der Waals surface area (Å²) in [6.07, 6.45) is 9.93. The van der Waals surface area contributed by atoms with Gasteiger partial charge in [-0.05, 0) is 37.3 Å². The molecule has 4 N–H and O–H groups in total. The average molecular weight is 560 g/mol. The van der Waals surface area contributed by atoms with Gasteiger partial charge in [0.25, 0.3) is 0 Å². The van der Waals surface area contributed by atoms with Crippen LogP contribution in [0.2, 0.25) is 10.0 Å². The Kier molecular flexibility index (Phi) is 9.48. The van der Waals surface area contributed by atoms with Crippen LogP contribution < -0.4 is 16.4 Å². The topological polar surface area (TPSA) is 142 Å². The molecule has 0 radical (unpaired) electrons. The van der Waals surface area contributed by atoms with Gasteiger partial charge in [0.2, 0.25) is 5.95 Å². The van der Waals surface area contributed by atoms with Gasteiger partial charge >= 0.3 is 6.09 Å². The molecule has 1 atom stereocenters. The van der Waals surface area contributed by atoms with E-state index in [1.807, 2.05) is 6.07 Å². The molecule has 10 nitrogen and oxygen atoms in total. The number of ether oxygens (including phenoxy) is 1. The van der Waals surface area contributed by atoms with Crippen LogP contribution in [0.1, 0.15) is 56.2 Å². The van der Waals surface area contributed by atoms with Gasteiger partial charge < -0.3 is 26.0 Å². The largest absolute Gasteiger partial charge is 0.453 e. The van der Waals surface area contributed by atoms with Gasteiger partial charge in [-0.2, -0.15) is 5.26 Å². The van der Waals surface area contributed by atoms with E-state index in [4.69, 9.17) is 43.9 Å². The number of nitrogens with one attached hydrogen (secondary N) is 2. The van der Waals surface area contributed by atoms with E-state index in [0.717, 1.165) is 37.8 Å². The van der Waals surface area contributed by atoms with Crippen molar-refractivity contribution in [1.82, 2.24) is 14.9 Å².